The first-order valence-electron chi connectivity index (χ1n) is 9.22. The highest BCUT2D eigenvalue weighted by Crippen LogP contribution is 2.31. The maximum Gasteiger partial charge on any atom is 0.171 e. The molecule has 0 N–H and O–H groups in total. The van der Waals surface area contributed by atoms with Crippen LogP contribution >= 0.6 is 0 Å². The molecule has 1 aliphatic heterocycles. The highest BCUT2D eigenvalue weighted by atomic mass is 19.1. The summed E-state index contributed by atoms with van der Waals surface area (Å²) in [6.45, 7) is 0.590. The lowest BCUT2D eigenvalue weighted by Crippen LogP contribution is -2.06. The number of fused-ring (bicyclic) bond motifs is 2. The Morgan fingerprint density at radius 3 is 2.90 bits per heavy atom. The predicted molar refractivity (Wildman–Crippen MR) is 102 cm³/mol. The summed E-state index contributed by atoms with van der Waals surface area (Å²) in [5.74, 6) is 1.30. The molecular weight excluding hydrogens is 371 g/mol. The molecule has 0 radical (unpaired) electrons. The minimum absolute atomic E-state index is 0.213. The van der Waals surface area contributed by atoms with Crippen molar-refractivity contribution in [1.29, 1.82) is 5.26 Å². The SMILES string of the molecule is N#Cc1ccc(-c2cnc(CCc3c(F)ccc4c3CCO4)n3cnnc23)cn1. The Labute approximate surface area is 165 Å². The number of nitriles is 1. The summed E-state index contributed by atoms with van der Waals surface area (Å²) in [5.41, 5.74) is 4.18. The lowest BCUT2D eigenvalue weighted by atomic mass is 10.00. The molecular formula is C21H15FN6O. The molecule has 7 nitrogen and oxygen atoms in total. The van der Waals surface area contributed by atoms with E-state index in [1.54, 1.807) is 36.9 Å². The van der Waals surface area contributed by atoms with Crippen LogP contribution < -0.4 is 4.74 Å². The second kappa shape index (κ2) is 6.95. The molecule has 0 bridgehead atoms. The zero-order valence-corrected chi connectivity index (χ0v) is 15.3. The van der Waals surface area contributed by atoms with E-state index >= 15 is 0 Å². The van der Waals surface area contributed by atoms with Gasteiger partial charge in [-0.2, -0.15) is 5.26 Å². The number of nitrogens with zero attached hydrogens (tertiary/aromatic N) is 6. The minimum Gasteiger partial charge on any atom is -0.493 e. The summed E-state index contributed by atoms with van der Waals surface area (Å²) < 4.78 is 21.8. The largest absolute Gasteiger partial charge is 0.493 e. The lowest BCUT2D eigenvalue weighted by Gasteiger charge is -2.10. The number of halogens is 1. The second-order valence-electron chi connectivity index (χ2n) is 6.76. The van der Waals surface area contributed by atoms with Crippen molar-refractivity contribution in [2.45, 2.75) is 19.3 Å². The molecule has 1 aromatic carbocycles. The molecule has 142 valence electrons. The molecule has 0 fully saturated rings. The standard InChI is InChI=1S/C21H15FN6O/c22-18-4-5-19-16(7-8-29-19)15(18)3-6-20-25-11-17(21-27-26-12-28(20)21)13-1-2-14(9-23)24-10-13/h1-2,4-5,10-12H,3,6-8H2. The molecule has 4 aromatic rings. The first kappa shape index (κ1) is 17.3. The Balaban J connectivity index is 1.48. The molecule has 8 heteroatoms. The van der Waals surface area contributed by atoms with Gasteiger partial charge in [0.05, 0.1) is 6.61 Å². The van der Waals surface area contributed by atoms with Crippen LogP contribution in [0.4, 0.5) is 4.39 Å². The third kappa shape index (κ3) is 2.97. The van der Waals surface area contributed by atoms with E-state index in [9.17, 15) is 4.39 Å². The van der Waals surface area contributed by atoms with Crippen molar-refractivity contribution in [3.8, 4) is 22.9 Å². The van der Waals surface area contributed by atoms with Crippen LogP contribution in [0.25, 0.3) is 16.8 Å². The molecule has 1 aliphatic rings. The Hall–Kier alpha value is -3.86. The Kier molecular flexibility index (Phi) is 4.13. The van der Waals surface area contributed by atoms with Crippen molar-refractivity contribution >= 4 is 5.65 Å². The van der Waals surface area contributed by atoms with Gasteiger partial charge in [0.1, 0.15) is 35.5 Å². The number of ether oxygens (including phenoxy) is 1. The fourth-order valence-corrected chi connectivity index (χ4v) is 3.70. The summed E-state index contributed by atoms with van der Waals surface area (Å²) in [6.07, 6.45) is 6.71. The Morgan fingerprint density at radius 1 is 1.14 bits per heavy atom. The number of aryl methyl sites for hydroxylation is 1. The molecule has 0 spiro atoms. The monoisotopic (exact) mass is 386 g/mol. The zero-order chi connectivity index (χ0) is 19.8. The van der Waals surface area contributed by atoms with Gasteiger partial charge in [-0.05, 0) is 36.2 Å². The van der Waals surface area contributed by atoms with Crippen LogP contribution in [0.3, 0.4) is 0 Å². The van der Waals surface area contributed by atoms with Crippen molar-refractivity contribution in [3.63, 3.8) is 0 Å². The third-order valence-corrected chi connectivity index (χ3v) is 5.14. The van der Waals surface area contributed by atoms with E-state index in [0.717, 1.165) is 34.7 Å². The maximum atomic E-state index is 14.4. The smallest absolute Gasteiger partial charge is 0.171 e. The summed E-state index contributed by atoms with van der Waals surface area (Å²) >= 11 is 0. The van der Waals surface area contributed by atoms with Gasteiger partial charge in [0.25, 0.3) is 0 Å². The number of rotatable bonds is 4. The van der Waals surface area contributed by atoms with Gasteiger partial charge < -0.3 is 4.74 Å². The van der Waals surface area contributed by atoms with E-state index < -0.39 is 0 Å². The molecule has 5 rings (SSSR count). The van der Waals surface area contributed by atoms with Crippen molar-refractivity contribution < 1.29 is 9.13 Å². The predicted octanol–water partition coefficient (Wildman–Crippen LogP) is 2.92. The minimum atomic E-state index is -0.213. The molecule has 0 atom stereocenters. The van der Waals surface area contributed by atoms with E-state index in [-0.39, 0.29) is 5.82 Å². The second-order valence-corrected chi connectivity index (χ2v) is 6.76. The number of pyridine rings is 1. The Bertz CT molecular complexity index is 1260. The van der Waals surface area contributed by atoms with Gasteiger partial charge >= 0.3 is 0 Å². The topological polar surface area (TPSA) is 89.0 Å². The molecule has 29 heavy (non-hydrogen) atoms. The molecule has 3 aromatic heterocycles. The van der Waals surface area contributed by atoms with Gasteiger partial charge in [-0.1, -0.05) is 0 Å². The van der Waals surface area contributed by atoms with E-state index in [0.29, 0.717) is 36.4 Å². The summed E-state index contributed by atoms with van der Waals surface area (Å²) in [6, 6.07) is 8.61. The van der Waals surface area contributed by atoms with Gasteiger partial charge in [0.15, 0.2) is 5.65 Å². The van der Waals surface area contributed by atoms with Crippen molar-refractivity contribution in [1.82, 2.24) is 24.6 Å². The van der Waals surface area contributed by atoms with Gasteiger partial charge in [-0.25, -0.2) is 14.4 Å². The van der Waals surface area contributed by atoms with E-state index in [2.05, 4.69) is 20.2 Å². The van der Waals surface area contributed by atoms with Crippen LogP contribution in [0.5, 0.6) is 5.75 Å². The van der Waals surface area contributed by atoms with Crippen LogP contribution in [-0.2, 0) is 19.3 Å². The molecule has 0 aliphatic carbocycles. The third-order valence-electron chi connectivity index (χ3n) is 5.14. The zero-order valence-electron chi connectivity index (χ0n) is 15.3. The van der Waals surface area contributed by atoms with Gasteiger partial charge in [0, 0.05) is 41.9 Å². The van der Waals surface area contributed by atoms with E-state index in [4.69, 9.17) is 10.00 Å². The number of aromatic nitrogens is 5. The van der Waals surface area contributed by atoms with E-state index in [1.165, 1.54) is 6.07 Å². The quantitative estimate of drug-likeness (QED) is 0.536. The van der Waals surface area contributed by atoms with Gasteiger partial charge in [-0.3, -0.25) is 4.40 Å². The molecule has 4 heterocycles. The molecule has 0 unspecified atom stereocenters. The van der Waals surface area contributed by atoms with Crippen LogP contribution in [-0.4, -0.2) is 31.2 Å². The first-order valence-corrected chi connectivity index (χ1v) is 9.22. The van der Waals surface area contributed by atoms with Crippen molar-refractivity contribution in [3.05, 3.63) is 71.4 Å². The number of hydrogen-bond acceptors (Lipinski definition) is 6. The average Bonchev–Trinajstić information content (AvgIpc) is 3.43. The van der Waals surface area contributed by atoms with Crippen LogP contribution in [0.1, 0.15) is 22.6 Å². The number of benzene rings is 1. The summed E-state index contributed by atoms with van der Waals surface area (Å²) in [7, 11) is 0. The highest BCUT2D eigenvalue weighted by molar-refractivity contribution is 5.76. The maximum absolute atomic E-state index is 14.4. The van der Waals surface area contributed by atoms with Crippen molar-refractivity contribution in [2.24, 2.45) is 0 Å². The van der Waals surface area contributed by atoms with Crippen molar-refractivity contribution in [2.75, 3.05) is 6.61 Å². The molecule has 0 saturated carbocycles. The molecule has 0 saturated heterocycles. The lowest BCUT2D eigenvalue weighted by molar-refractivity contribution is 0.356. The fourth-order valence-electron chi connectivity index (χ4n) is 3.70. The van der Waals surface area contributed by atoms with Gasteiger partial charge in [-0.15, -0.1) is 10.2 Å². The first-order chi connectivity index (χ1) is 14.2. The summed E-state index contributed by atoms with van der Waals surface area (Å²) in [4.78, 5) is 8.68. The van der Waals surface area contributed by atoms with Crippen LogP contribution in [0.2, 0.25) is 0 Å². The van der Waals surface area contributed by atoms with Crippen LogP contribution in [0.15, 0.2) is 43.0 Å². The normalized spacial score (nSPS) is 12.6. The van der Waals surface area contributed by atoms with Crippen LogP contribution in [0, 0.1) is 17.1 Å². The van der Waals surface area contributed by atoms with E-state index in [1.807, 2.05) is 10.5 Å². The number of hydrogen-bond donors (Lipinski definition) is 0. The summed E-state index contributed by atoms with van der Waals surface area (Å²) in [5, 5.41) is 17.2. The van der Waals surface area contributed by atoms with Gasteiger partial charge in [0.2, 0.25) is 0 Å². The Morgan fingerprint density at radius 2 is 2.07 bits per heavy atom. The average molecular weight is 386 g/mol. The molecule has 0 amide bonds. The highest BCUT2D eigenvalue weighted by Gasteiger charge is 2.20. The fraction of sp³-hybridized carbons (Fsp3) is 0.190.